The van der Waals surface area contributed by atoms with Crippen molar-refractivity contribution in [2.24, 2.45) is 0 Å². The highest BCUT2D eigenvalue weighted by atomic mass is 16.5. The molecule has 0 saturated carbocycles. The molecular weight excluding hydrogens is 354 g/mol. The number of likely N-dealkylation sites (N-methyl/N-ethyl adjacent to an activating group) is 1. The fraction of sp³-hybridized carbons (Fsp3) is 0.652. The Kier molecular flexibility index (Phi) is 15.0. The van der Waals surface area contributed by atoms with Gasteiger partial charge in [0, 0.05) is 6.42 Å². The van der Waals surface area contributed by atoms with Gasteiger partial charge in [-0.25, -0.2) is 0 Å². The average molecular weight is 395 g/mol. The second-order valence-electron chi connectivity index (χ2n) is 8.09. The molecule has 0 aromatic rings. The number of nitrogens with zero attached hydrogens (tertiary/aromatic N) is 1. The summed E-state index contributed by atoms with van der Waals surface area (Å²) in [5, 5.41) is 8.98. The summed E-state index contributed by atoms with van der Waals surface area (Å²) in [5.41, 5.74) is 0. The van der Waals surface area contributed by atoms with Crippen LogP contribution in [0, 0.1) is 0 Å². The number of carbonyl (C=O) groups excluding carboxylic acids is 1. The number of carbonyl (C=O) groups is 2. The highest BCUT2D eigenvalue weighted by Crippen LogP contribution is 2.09. The Morgan fingerprint density at radius 1 is 0.893 bits per heavy atom. The minimum Gasteiger partial charge on any atom is -0.481 e. The van der Waals surface area contributed by atoms with Gasteiger partial charge >= 0.3 is 11.9 Å². The zero-order valence-electron chi connectivity index (χ0n) is 18.2. The van der Waals surface area contributed by atoms with Crippen LogP contribution in [0.25, 0.3) is 0 Å². The van der Waals surface area contributed by atoms with Crippen LogP contribution in [0.3, 0.4) is 0 Å². The molecule has 0 spiro atoms. The van der Waals surface area contributed by atoms with Gasteiger partial charge in [-0.1, -0.05) is 36.5 Å². The zero-order valence-corrected chi connectivity index (χ0v) is 18.2. The van der Waals surface area contributed by atoms with Crippen LogP contribution in [0.5, 0.6) is 0 Å². The lowest BCUT2D eigenvalue weighted by atomic mass is 10.1. The van der Waals surface area contributed by atoms with Crippen molar-refractivity contribution in [3.63, 3.8) is 0 Å². The third-order valence-electron chi connectivity index (χ3n) is 4.02. The van der Waals surface area contributed by atoms with Gasteiger partial charge < -0.3 is 14.3 Å². The maximum Gasteiger partial charge on any atom is 0.307 e. The van der Waals surface area contributed by atoms with Gasteiger partial charge in [0.05, 0.1) is 27.6 Å². The van der Waals surface area contributed by atoms with Crippen molar-refractivity contribution in [1.29, 1.82) is 0 Å². The highest BCUT2D eigenvalue weighted by Gasteiger charge is 2.24. The molecule has 0 aliphatic carbocycles. The number of esters is 1. The first kappa shape index (κ1) is 26.1. The lowest BCUT2D eigenvalue weighted by Crippen LogP contribution is -2.43. The quantitative estimate of drug-likeness (QED) is 0.175. The Bertz CT molecular complexity index is 515. The summed E-state index contributed by atoms with van der Waals surface area (Å²) in [6, 6.07) is 0. The van der Waals surface area contributed by atoms with E-state index in [1.54, 1.807) is 0 Å². The normalized spacial score (nSPS) is 13.6. The maximum absolute atomic E-state index is 12.0. The summed E-state index contributed by atoms with van der Waals surface area (Å²) in [6.45, 7) is 2.53. The lowest BCUT2D eigenvalue weighted by Gasteiger charge is -2.28. The predicted molar refractivity (Wildman–Crippen MR) is 115 cm³/mol. The zero-order chi connectivity index (χ0) is 21.3. The molecule has 0 rings (SSSR count). The summed E-state index contributed by atoms with van der Waals surface area (Å²) >= 11 is 0. The molecule has 1 N–H and O–H groups in total. The smallest absolute Gasteiger partial charge is 0.307 e. The average Bonchev–Trinajstić information content (AvgIpc) is 2.56. The van der Waals surface area contributed by atoms with Gasteiger partial charge in [0.15, 0.2) is 6.10 Å². The molecule has 5 heteroatoms. The summed E-state index contributed by atoms with van der Waals surface area (Å²) in [5.74, 6) is -1.24. The molecule has 0 fully saturated rings. The number of ether oxygens (including phenoxy) is 1. The minimum absolute atomic E-state index is 0.145. The van der Waals surface area contributed by atoms with E-state index in [4.69, 9.17) is 9.84 Å². The Labute approximate surface area is 171 Å². The van der Waals surface area contributed by atoms with Crippen molar-refractivity contribution in [1.82, 2.24) is 0 Å². The number of unbranched alkanes of at least 4 members (excludes halogenated alkanes) is 4. The van der Waals surface area contributed by atoms with Gasteiger partial charge in [0.1, 0.15) is 6.54 Å². The molecule has 0 aromatic carbocycles. The molecule has 160 valence electrons. The first-order valence-electron chi connectivity index (χ1n) is 10.4. The summed E-state index contributed by atoms with van der Waals surface area (Å²) in [7, 11) is 5.86. The van der Waals surface area contributed by atoms with Crippen molar-refractivity contribution >= 4 is 11.9 Å². The van der Waals surface area contributed by atoms with Crippen molar-refractivity contribution in [3.8, 4) is 0 Å². The predicted octanol–water partition coefficient (Wildman–Crippen LogP) is 4.89. The monoisotopic (exact) mass is 394 g/mol. The number of quaternary nitrogens is 1. The van der Waals surface area contributed by atoms with Gasteiger partial charge in [0.2, 0.25) is 0 Å². The van der Waals surface area contributed by atoms with Crippen molar-refractivity contribution in [2.75, 3.05) is 27.7 Å². The van der Waals surface area contributed by atoms with E-state index >= 15 is 0 Å². The molecule has 0 aromatic heterocycles. The van der Waals surface area contributed by atoms with E-state index in [0.717, 1.165) is 44.9 Å². The van der Waals surface area contributed by atoms with Gasteiger partial charge in [-0.3, -0.25) is 9.59 Å². The van der Waals surface area contributed by atoms with Crippen molar-refractivity contribution < 1.29 is 23.9 Å². The van der Waals surface area contributed by atoms with Crippen LogP contribution < -0.4 is 0 Å². The van der Waals surface area contributed by atoms with E-state index in [1.165, 1.54) is 0 Å². The Morgan fingerprint density at radius 3 is 1.93 bits per heavy atom. The van der Waals surface area contributed by atoms with Gasteiger partial charge in [-0.05, 0) is 51.9 Å². The van der Waals surface area contributed by atoms with Crippen LogP contribution in [0.15, 0.2) is 36.5 Å². The Hall–Kier alpha value is -1.88. The van der Waals surface area contributed by atoms with Gasteiger partial charge in [0.25, 0.3) is 0 Å². The second-order valence-corrected chi connectivity index (χ2v) is 8.09. The van der Waals surface area contributed by atoms with E-state index in [-0.39, 0.29) is 12.4 Å². The summed E-state index contributed by atoms with van der Waals surface area (Å²) < 4.78 is 5.94. The molecule has 1 unspecified atom stereocenters. The van der Waals surface area contributed by atoms with Crippen LogP contribution in [0.1, 0.15) is 64.7 Å². The van der Waals surface area contributed by atoms with Gasteiger partial charge in [-0.15, -0.1) is 0 Å². The van der Waals surface area contributed by atoms with Crippen LogP contribution in [0.2, 0.25) is 0 Å². The third kappa shape index (κ3) is 18.9. The van der Waals surface area contributed by atoms with E-state index in [9.17, 15) is 9.59 Å². The third-order valence-corrected chi connectivity index (χ3v) is 4.02. The lowest BCUT2D eigenvalue weighted by molar-refractivity contribution is -0.873. The maximum atomic E-state index is 12.0. The number of hydrogen-bond acceptors (Lipinski definition) is 3. The number of carboxylic acid groups (broad SMARTS) is 1. The second kappa shape index (κ2) is 16.1. The largest absolute Gasteiger partial charge is 0.481 e. The Balaban J connectivity index is 3.85. The van der Waals surface area contributed by atoms with Crippen LogP contribution in [-0.2, 0) is 14.3 Å². The number of aliphatic carboxylic acids is 1. The summed E-state index contributed by atoms with van der Waals surface area (Å²) in [6.07, 6.45) is 19.7. The van der Waals surface area contributed by atoms with Crippen molar-refractivity contribution in [2.45, 2.75) is 70.8 Å². The summed E-state index contributed by atoms with van der Waals surface area (Å²) in [4.78, 5) is 22.9. The van der Waals surface area contributed by atoms with Crippen LogP contribution >= 0.6 is 0 Å². The molecule has 0 heterocycles. The fourth-order valence-electron chi connectivity index (χ4n) is 2.75. The fourth-order valence-corrected chi connectivity index (χ4v) is 2.75. The number of carboxylic acids is 1. The molecule has 0 amide bonds. The van der Waals surface area contributed by atoms with Crippen molar-refractivity contribution in [3.05, 3.63) is 36.5 Å². The molecule has 5 nitrogen and oxygen atoms in total. The molecule has 0 radical (unpaired) electrons. The van der Waals surface area contributed by atoms with E-state index < -0.39 is 12.1 Å². The first-order chi connectivity index (χ1) is 13.2. The first-order valence-corrected chi connectivity index (χ1v) is 10.4. The van der Waals surface area contributed by atoms with E-state index in [1.807, 2.05) is 28.1 Å². The molecule has 1 atom stereocenters. The number of allylic oxidation sites excluding steroid dienone is 6. The van der Waals surface area contributed by atoms with E-state index in [0.29, 0.717) is 17.4 Å². The molecule has 0 aliphatic rings. The Morgan fingerprint density at radius 2 is 1.43 bits per heavy atom. The molecule has 28 heavy (non-hydrogen) atoms. The number of rotatable bonds is 16. The molecular formula is C23H40NO4+. The van der Waals surface area contributed by atoms with Gasteiger partial charge in [-0.2, -0.15) is 0 Å². The standard InChI is InChI=1S/C23H39NO4/c1-5-6-7-8-9-10-11-12-13-14-15-16-17-18-23(27)28-21(19-22(25)26)20-24(2,3)4/h5-6,9-10,13-14,21H,7-8,11-12,15-20H2,1-4H3/p+1/b6-5+,10-9+,14-13+. The SMILES string of the molecule is C/C=C/CC/C=C/CC/C=C/CCCCC(=O)OC(CC(=O)O)C[N+](C)(C)C. The van der Waals surface area contributed by atoms with Crippen LogP contribution in [0.4, 0.5) is 0 Å². The topological polar surface area (TPSA) is 63.6 Å². The van der Waals surface area contributed by atoms with E-state index in [2.05, 4.69) is 36.5 Å². The highest BCUT2D eigenvalue weighted by molar-refractivity contribution is 5.71. The van der Waals surface area contributed by atoms with Crippen LogP contribution in [-0.4, -0.2) is 55.3 Å². The number of hydrogen-bond donors (Lipinski definition) is 1. The minimum atomic E-state index is -0.941. The molecule has 0 bridgehead atoms. The molecule has 0 aliphatic heterocycles. The molecule has 0 saturated heterocycles.